The molecule has 10 heteroatoms. The van der Waals surface area contributed by atoms with E-state index in [9.17, 15) is 31.1 Å². The van der Waals surface area contributed by atoms with Crippen LogP contribution in [0.25, 0.3) is 0 Å². The number of carbonyl (C=O) groups is 1. The molecule has 0 aromatic carbocycles. The molecule has 1 unspecified atom stereocenters. The molecule has 0 N–H and O–H groups in total. The number of halogens is 7. The Labute approximate surface area is 138 Å². The predicted octanol–water partition coefficient (Wildman–Crippen LogP) is 4.84. The van der Waals surface area contributed by atoms with E-state index in [-0.39, 0.29) is 10.0 Å². The molecule has 0 bridgehead atoms. The van der Waals surface area contributed by atoms with Gasteiger partial charge in [0.1, 0.15) is 0 Å². The van der Waals surface area contributed by atoms with Gasteiger partial charge in [-0.2, -0.15) is 0 Å². The van der Waals surface area contributed by atoms with Crippen LogP contribution in [0.5, 0.6) is 0 Å². The van der Waals surface area contributed by atoms with Crippen LogP contribution in [0.3, 0.4) is 0 Å². The second-order valence-corrected chi connectivity index (χ2v) is 9.89. The van der Waals surface area contributed by atoms with Crippen LogP contribution in [0, 0.1) is 0 Å². The van der Waals surface area contributed by atoms with Gasteiger partial charge in [0.15, 0.2) is 0 Å². The fraction of sp³-hybridized carbons (Fsp3) is 0.769. The molecule has 0 amide bonds. The molecule has 0 spiro atoms. The van der Waals surface area contributed by atoms with Crippen molar-refractivity contribution in [2.45, 2.75) is 51.2 Å². The van der Waals surface area contributed by atoms with Gasteiger partial charge in [-0.05, 0) is 0 Å². The molecule has 0 fully saturated rings. The molecule has 0 saturated carbocycles. The van der Waals surface area contributed by atoms with Crippen LogP contribution in [0.15, 0.2) is 12.2 Å². The zero-order chi connectivity index (χ0) is 18.6. The van der Waals surface area contributed by atoms with E-state index in [4.69, 9.17) is 0 Å². The molecule has 3 nitrogen and oxygen atoms in total. The molecule has 138 valence electrons. The number of ether oxygens (including phenoxy) is 1. The first kappa shape index (κ1) is 22.5. The number of rotatable bonds is 7. The summed E-state index contributed by atoms with van der Waals surface area (Å²) in [5, 5.41) is 0. The van der Waals surface area contributed by atoms with Crippen molar-refractivity contribution >= 4 is 26.2 Å². The first-order valence-electron chi connectivity index (χ1n) is 6.43. The number of carbonyl (C=O) groups excluding carboxylic acids is 1. The van der Waals surface area contributed by atoms with Crippen molar-refractivity contribution in [3.63, 3.8) is 0 Å². The third-order valence-electron chi connectivity index (χ3n) is 2.79. The van der Waals surface area contributed by atoms with E-state index in [1.165, 1.54) is 18.8 Å². The van der Waals surface area contributed by atoms with Crippen molar-refractivity contribution < 1.29 is 38.9 Å². The summed E-state index contributed by atoms with van der Waals surface area (Å²) in [6.45, 7) is 6.88. The van der Waals surface area contributed by atoms with E-state index in [1.807, 2.05) is 0 Å². The van der Waals surface area contributed by atoms with Crippen molar-refractivity contribution in [2.75, 3.05) is 9.36 Å². The minimum atomic E-state index is -5.68. The number of hydrogen-bond donors (Lipinski definition) is 0. The van der Waals surface area contributed by atoms with Gasteiger partial charge < -0.3 is 0 Å². The summed E-state index contributed by atoms with van der Waals surface area (Å²) in [6.07, 6.45) is -14.6. The molecule has 0 rings (SSSR count). The van der Waals surface area contributed by atoms with Gasteiger partial charge in [0, 0.05) is 0 Å². The second-order valence-electron chi connectivity index (χ2n) is 4.90. The summed E-state index contributed by atoms with van der Waals surface area (Å²) in [5.41, 5.74) is -4.47. The summed E-state index contributed by atoms with van der Waals surface area (Å²) < 4.78 is 88.7. The maximum absolute atomic E-state index is 13.2. The van der Waals surface area contributed by atoms with E-state index in [1.54, 1.807) is 0 Å². The second kappa shape index (κ2) is 8.04. The summed E-state index contributed by atoms with van der Waals surface area (Å²) in [4.78, 5) is 12.6. The average Bonchev–Trinajstić information content (AvgIpc) is 2.34. The normalized spacial score (nSPS) is 15.1. The van der Waals surface area contributed by atoms with E-state index in [2.05, 4.69) is 14.4 Å². The van der Waals surface area contributed by atoms with Gasteiger partial charge in [-0.15, -0.1) is 0 Å². The number of hydrogen-bond acceptors (Lipinski definition) is 3. The summed E-state index contributed by atoms with van der Waals surface area (Å²) in [7, 11) is 0. The molecular weight excluding hydrogens is 445 g/mol. The van der Waals surface area contributed by atoms with Gasteiger partial charge in [-0.3, -0.25) is 0 Å². The molecule has 0 aromatic rings. The zero-order valence-corrected chi connectivity index (χ0v) is 15.2. The molecule has 0 radical (unpaired) electrons. The van der Waals surface area contributed by atoms with Crippen LogP contribution in [-0.4, -0.2) is 39.4 Å². The Morgan fingerprint density at radius 1 is 1.17 bits per heavy atom. The Balaban J connectivity index is 5.66. The van der Waals surface area contributed by atoms with Crippen molar-refractivity contribution in [1.82, 2.24) is 0 Å². The van der Waals surface area contributed by atoms with E-state index in [0.29, 0.717) is 0 Å². The SMILES string of the molecule is C=C(C)C(=O)OC(C)CC(OI(C)CC)(C(F)(F)F)C(F)(F)F. The summed E-state index contributed by atoms with van der Waals surface area (Å²) >= 11 is -2.90. The fourth-order valence-electron chi connectivity index (χ4n) is 1.52. The summed E-state index contributed by atoms with van der Waals surface area (Å²) in [5.74, 6) is -1.06. The Bertz CT molecular complexity index is 418. The van der Waals surface area contributed by atoms with Crippen molar-refractivity contribution in [3.8, 4) is 0 Å². The Kier molecular flexibility index (Phi) is 7.86. The molecule has 1 atom stereocenters. The number of esters is 1. The van der Waals surface area contributed by atoms with E-state index in [0.717, 1.165) is 6.92 Å². The van der Waals surface area contributed by atoms with Gasteiger partial charge >= 0.3 is 138 Å². The van der Waals surface area contributed by atoms with Crippen LogP contribution in [0.2, 0.25) is 0 Å². The van der Waals surface area contributed by atoms with Gasteiger partial charge in [-0.1, -0.05) is 0 Å². The van der Waals surface area contributed by atoms with Crippen molar-refractivity contribution in [1.29, 1.82) is 0 Å². The maximum atomic E-state index is 13.2. The zero-order valence-electron chi connectivity index (χ0n) is 13.1. The third kappa shape index (κ3) is 5.80. The van der Waals surface area contributed by atoms with Gasteiger partial charge in [-0.25, -0.2) is 0 Å². The third-order valence-corrected chi connectivity index (χ3v) is 6.44. The van der Waals surface area contributed by atoms with E-state index >= 15 is 0 Å². The molecule has 0 heterocycles. The van der Waals surface area contributed by atoms with Crippen LogP contribution >= 0.6 is 20.2 Å². The Morgan fingerprint density at radius 2 is 1.61 bits per heavy atom. The number of alkyl halides is 8. The monoisotopic (exact) mass is 464 g/mol. The van der Waals surface area contributed by atoms with Gasteiger partial charge in [0.25, 0.3) is 0 Å². The molecular formula is C13H19F6IO3. The van der Waals surface area contributed by atoms with Crippen LogP contribution < -0.4 is 0 Å². The van der Waals surface area contributed by atoms with Crippen molar-refractivity contribution in [2.24, 2.45) is 0 Å². The molecule has 23 heavy (non-hydrogen) atoms. The fourth-order valence-corrected chi connectivity index (χ4v) is 3.79. The van der Waals surface area contributed by atoms with Crippen LogP contribution in [0.4, 0.5) is 26.3 Å². The molecule has 0 aromatic heterocycles. The van der Waals surface area contributed by atoms with Gasteiger partial charge in [0.2, 0.25) is 0 Å². The minimum absolute atomic E-state index is 0.109. The molecule has 0 aliphatic carbocycles. The first-order valence-corrected chi connectivity index (χ1v) is 11.0. The molecule has 0 aliphatic rings. The summed E-state index contributed by atoms with van der Waals surface area (Å²) in [6, 6.07) is 0. The Hall–Kier alpha value is -0.520. The first-order chi connectivity index (χ1) is 10.2. The molecule has 0 saturated heterocycles. The predicted molar refractivity (Wildman–Crippen MR) is 81.4 cm³/mol. The standard InChI is InChI=1S/C13H19F6IO3/c1-6-20(5)23-11(12(14,15)16,13(17,18)19)7-9(4)22-10(21)8(2)3/h9H,2,6-7H2,1,3-5H3. The van der Waals surface area contributed by atoms with Gasteiger partial charge in [0.05, 0.1) is 0 Å². The topological polar surface area (TPSA) is 35.5 Å². The van der Waals surface area contributed by atoms with Crippen LogP contribution in [0.1, 0.15) is 27.2 Å². The Morgan fingerprint density at radius 3 is 1.91 bits per heavy atom. The molecule has 0 aliphatic heterocycles. The van der Waals surface area contributed by atoms with Crippen molar-refractivity contribution in [3.05, 3.63) is 12.2 Å². The average molecular weight is 464 g/mol. The van der Waals surface area contributed by atoms with Crippen LogP contribution in [-0.2, 0) is 12.6 Å². The van der Waals surface area contributed by atoms with E-state index < -0.39 is 56.7 Å². The quantitative estimate of drug-likeness (QED) is 0.178.